The van der Waals surface area contributed by atoms with Gasteiger partial charge in [-0.3, -0.25) is 9.78 Å². The molecule has 0 saturated carbocycles. The van der Waals surface area contributed by atoms with Crippen LogP contribution in [0.5, 0.6) is 5.75 Å². The maximum absolute atomic E-state index is 12.9. The number of nitrogens with one attached hydrogen (secondary N) is 1. The number of rotatable bonds is 12. The van der Waals surface area contributed by atoms with Crippen LogP contribution in [0.2, 0.25) is 0 Å². The Morgan fingerprint density at radius 1 is 0.833 bits per heavy atom. The second kappa shape index (κ2) is 16.7. The van der Waals surface area contributed by atoms with E-state index < -0.39 is 12.4 Å². The van der Waals surface area contributed by atoms with Crippen LogP contribution in [-0.2, 0) is 22.6 Å². The number of likely N-dealkylation sites (N-methyl/N-ethyl adjacent to an activating group) is 1. The molecule has 0 unspecified atom stereocenters. The van der Waals surface area contributed by atoms with Crippen molar-refractivity contribution in [1.82, 2.24) is 20.2 Å². The van der Waals surface area contributed by atoms with Crippen LogP contribution in [0.15, 0.2) is 128 Å². The Morgan fingerprint density at radius 2 is 1.57 bits per heavy atom. The SMILES string of the molecule is C[C@@H]1[C@H](CN(C)C[C@@H](O)c2cccc(O)c2)O[C@H](c2ccc(-c3cccc(CNC(=O)c4cnc5ccccc5n4)c3)cc2)O[C@@H]1c1ccc(CO)cc1. The monoisotopic (exact) mass is 724 g/mol. The van der Waals surface area contributed by atoms with Gasteiger partial charge in [0.2, 0.25) is 0 Å². The second-order valence-electron chi connectivity index (χ2n) is 13.9. The molecule has 2 heterocycles. The number of phenols is 1. The summed E-state index contributed by atoms with van der Waals surface area (Å²) in [6.07, 6.45) is -0.448. The highest BCUT2D eigenvalue weighted by molar-refractivity contribution is 5.93. The predicted octanol–water partition coefficient (Wildman–Crippen LogP) is 6.88. The Bertz CT molecular complexity index is 2200. The molecule has 1 fully saturated rings. The van der Waals surface area contributed by atoms with Crippen molar-refractivity contribution in [2.45, 2.75) is 44.7 Å². The first-order valence-corrected chi connectivity index (χ1v) is 18.1. The Kier molecular flexibility index (Phi) is 11.4. The van der Waals surface area contributed by atoms with E-state index in [2.05, 4.69) is 28.3 Å². The van der Waals surface area contributed by atoms with E-state index in [-0.39, 0.29) is 42.1 Å². The number of hydrogen-bond donors (Lipinski definition) is 4. The molecule has 10 heteroatoms. The van der Waals surface area contributed by atoms with Gasteiger partial charge in [-0.05, 0) is 70.8 Å². The van der Waals surface area contributed by atoms with Crippen molar-refractivity contribution in [3.63, 3.8) is 0 Å². The number of aliphatic hydroxyl groups is 2. The van der Waals surface area contributed by atoms with E-state index >= 15 is 0 Å². The molecule has 0 spiro atoms. The molecule has 6 aromatic rings. The van der Waals surface area contributed by atoms with Crippen LogP contribution in [0.4, 0.5) is 0 Å². The number of benzene rings is 5. The summed E-state index contributed by atoms with van der Waals surface area (Å²) in [5.74, 6) is -0.203. The highest BCUT2D eigenvalue weighted by Crippen LogP contribution is 2.42. The van der Waals surface area contributed by atoms with Gasteiger partial charge in [0.15, 0.2) is 6.29 Å². The van der Waals surface area contributed by atoms with Crippen molar-refractivity contribution in [2.75, 3.05) is 20.1 Å². The number of aromatic nitrogens is 2. The number of nitrogens with zero attached hydrogens (tertiary/aromatic N) is 3. The Labute approximate surface area is 314 Å². The van der Waals surface area contributed by atoms with Crippen LogP contribution in [-0.4, -0.2) is 62.3 Å². The van der Waals surface area contributed by atoms with Gasteiger partial charge in [0.1, 0.15) is 11.4 Å². The van der Waals surface area contributed by atoms with Crippen molar-refractivity contribution >= 4 is 16.9 Å². The Morgan fingerprint density at radius 3 is 2.33 bits per heavy atom. The predicted molar refractivity (Wildman–Crippen MR) is 206 cm³/mol. The summed E-state index contributed by atoms with van der Waals surface area (Å²) in [4.78, 5) is 23.7. The fraction of sp³-hybridized carbons (Fsp3) is 0.250. The van der Waals surface area contributed by atoms with Crippen molar-refractivity contribution in [1.29, 1.82) is 0 Å². The van der Waals surface area contributed by atoms with E-state index in [0.29, 0.717) is 30.7 Å². The molecule has 0 radical (unpaired) electrons. The molecular weight excluding hydrogens is 681 g/mol. The highest BCUT2D eigenvalue weighted by atomic mass is 16.7. The molecule has 5 aromatic carbocycles. The van der Waals surface area contributed by atoms with Crippen LogP contribution in [0, 0.1) is 5.92 Å². The second-order valence-corrected chi connectivity index (χ2v) is 13.9. The first-order valence-electron chi connectivity index (χ1n) is 18.1. The number of fused-ring (bicyclic) bond motifs is 1. The average molecular weight is 725 g/mol. The topological polar surface area (TPSA) is 137 Å². The maximum Gasteiger partial charge on any atom is 0.271 e. The summed E-state index contributed by atoms with van der Waals surface area (Å²) in [7, 11) is 1.95. The molecule has 1 aromatic heterocycles. The number of carbonyl (C=O) groups is 1. The molecule has 10 nitrogen and oxygen atoms in total. The smallest absolute Gasteiger partial charge is 0.271 e. The zero-order valence-electron chi connectivity index (χ0n) is 30.2. The summed E-state index contributed by atoms with van der Waals surface area (Å²) >= 11 is 0. The molecule has 1 aliphatic rings. The Hall–Kier alpha value is -5.49. The number of aliphatic hydroxyl groups excluding tert-OH is 2. The number of carbonyl (C=O) groups excluding carboxylic acids is 1. The lowest BCUT2D eigenvalue weighted by Crippen LogP contribution is -2.44. The third-order valence-corrected chi connectivity index (χ3v) is 9.93. The summed E-state index contributed by atoms with van der Waals surface area (Å²) in [5.41, 5.74) is 7.97. The standard InChI is InChI=1S/C44H44N4O6/c1-28-41(26-48(2)25-40(51)35-9-6-10-36(50)22-35)53-44(54-42(28)32-15-13-29(27-49)14-16-32)33-19-17-31(18-20-33)34-8-5-7-30(21-34)23-46-43(52)39-24-45-37-11-3-4-12-38(37)47-39/h3-22,24,28,40-42,44,49-51H,23,25-27H2,1-2H3,(H,46,52)/t28-,40-,41+,42+,44+/m1/s1. The van der Waals surface area contributed by atoms with Crippen molar-refractivity contribution in [3.8, 4) is 16.9 Å². The summed E-state index contributed by atoms with van der Waals surface area (Å²) in [6, 6.07) is 38.1. The quantitative estimate of drug-likeness (QED) is 0.106. The van der Waals surface area contributed by atoms with Crippen LogP contribution in [0.1, 0.15) is 63.7 Å². The number of amides is 1. The van der Waals surface area contributed by atoms with Gasteiger partial charge in [-0.25, -0.2) is 4.98 Å². The normalized spacial score (nSPS) is 19.1. The molecule has 5 atom stereocenters. The Balaban J connectivity index is 1.05. The molecule has 54 heavy (non-hydrogen) atoms. The van der Waals surface area contributed by atoms with Gasteiger partial charge < -0.3 is 35.0 Å². The zero-order valence-corrected chi connectivity index (χ0v) is 30.2. The molecule has 0 aliphatic carbocycles. The van der Waals surface area contributed by atoms with E-state index in [1.165, 1.54) is 6.20 Å². The lowest BCUT2D eigenvalue weighted by Gasteiger charge is -2.42. The first-order chi connectivity index (χ1) is 26.2. The van der Waals surface area contributed by atoms with E-state index in [0.717, 1.165) is 38.9 Å². The average Bonchev–Trinajstić information content (AvgIpc) is 3.20. The number of phenolic OH excluding ortho intramolecular Hbond substituents is 1. The molecule has 1 saturated heterocycles. The summed E-state index contributed by atoms with van der Waals surface area (Å²) in [6.45, 7) is 3.30. The van der Waals surface area contributed by atoms with Gasteiger partial charge in [0.05, 0.1) is 42.1 Å². The van der Waals surface area contributed by atoms with Gasteiger partial charge >= 0.3 is 0 Å². The number of ether oxygens (including phenoxy) is 2. The van der Waals surface area contributed by atoms with Gasteiger partial charge in [-0.2, -0.15) is 0 Å². The highest BCUT2D eigenvalue weighted by Gasteiger charge is 2.39. The van der Waals surface area contributed by atoms with Gasteiger partial charge in [0, 0.05) is 31.1 Å². The molecule has 0 bridgehead atoms. The van der Waals surface area contributed by atoms with Gasteiger partial charge in [-0.1, -0.05) is 97.9 Å². The van der Waals surface area contributed by atoms with E-state index in [1.54, 1.807) is 24.3 Å². The van der Waals surface area contributed by atoms with Gasteiger partial charge in [-0.15, -0.1) is 0 Å². The van der Waals surface area contributed by atoms with Crippen LogP contribution in [0.3, 0.4) is 0 Å². The van der Waals surface area contributed by atoms with Crippen LogP contribution < -0.4 is 5.32 Å². The fourth-order valence-electron chi connectivity index (χ4n) is 6.88. The lowest BCUT2D eigenvalue weighted by molar-refractivity contribution is -0.276. The third kappa shape index (κ3) is 8.65. The van der Waals surface area contributed by atoms with Crippen molar-refractivity contribution in [3.05, 3.63) is 161 Å². The number of aromatic hydroxyl groups is 1. The maximum atomic E-state index is 12.9. The minimum absolute atomic E-state index is 0.0302. The first kappa shape index (κ1) is 36.9. The van der Waals surface area contributed by atoms with Gasteiger partial charge in [0.25, 0.3) is 5.91 Å². The van der Waals surface area contributed by atoms with Crippen molar-refractivity contribution < 1.29 is 29.6 Å². The lowest BCUT2D eigenvalue weighted by atomic mass is 9.90. The van der Waals surface area contributed by atoms with Crippen LogP contribution in [0.25, 0.3) is 22.2 Å². The number of para-hydroxylation sites is 2. The van der Waals surface area contributed by atoms with E-state index in [1.807, 2.05) is 103 Å². The largest absolute Gasteiger partial charge is 0.508 e. The minimum atomic E-state index is -0.781. The van der Waals surface area contributed by atoms with Crippen LogP contribution >= 0.6 is 0 Å². The molecule has 4 N–H and O–H groups in total. The molecule has 276 valence electrons. The fourth-order valence-corrected chi connectivity index (χ4v) is 6.88. The molecule has 1 aliphatic heterocycles. The van der Waals surface area contributed by atoms with Crippen molar-refractivity contribution in [2.24, 2.45) is 5.92 Å². The van der Waals surface area contributed by atoms with E-state index in [9.17, 15) is 20.1 Å². The summed E-state index contributed by atoms with van der Waals surface area (Å²) in [5, 5.41) is 33.4. The third-order valence-electron chi connectivity index (χ3n) is 9.93. The molecular formula is C44H44N4O6. The molecule has 7 rings (SSSR count). The summed E-state index contributed by atoms with van der Waals surface area (Å²) < 4.78 is 13.3. The zero-order chi connectivity index (χ0) is 37.6. The molecule has 1 amide bonds. The minimum Gasteiger partial charge on any atom is -0.508 e. The van der Waals surface area contributed by atoms with E-state index in [4.69, 9.17) is 9.47 Å². The number of hydrogen-bond acceptors (Lipinski definition) is 9.